The summed E-state index contributed by atoms with van der Waals surface area (Å²) in [5.74, 6) is -0.491. The van der Waals surface area contributed by atoms with E-state index >= 15 is 0 Å². The molecule has 142 valence electrons. The number of ether oxygens (including phenoxy) is 2. The molecule has 2 fully saturated rings. The van der Waals surface area contributed by atoms with Gasteiger partial charge in [-0.05, 0) is 24.1 Å². The van der Waals surface area contributed by atoms with Crippen molar-refractivity contribution in [1.82, 2.24) is 15.8 Å². The van der Waals surface area contributed by atoms with Gasteiger partial charge in [0.1, 0.15) is 11.2 Å². The van der Waals surface area contributed by atoms with Crippen molar-refractivity contribution in [1.29, 1.82) is 0 Å². The van der Waals surface area contributed by atoms with Crippen LogP contribution in [0.25, 0.3) is 0 Å². The lowest BCUT2D eigenvalue weighted by Gasteiger charge is -2.27. The van der Waals surface area contributed by atoms with Crippen LogP contribution in [0, 0.1) is 11.3 Å². The van der Waals surface area contributed by atoms with Gasteiger partial charge >= 0.3 is 5.97 Å². The minimum Gasteiger partial charge on any atom is -0.497 e. The zero-order chi connectivity index (χ0) is 18.7. The van der Waals surface area contributed by atoms with Crippen LogP contribution >= 0.6 is 0 Å². The molecule has 1 aromatic rings. The number of rotatable bonds is 6. The van der Waals surface area contributed by atoms with Crippen LogP contribution in [0.15, 0.2) is 24.3 Å². The smallest absolute Gasteiger partial charge is 0.313 e. The number of carbonyl (C=O) groups excluding carboxylic acids is 1. The SMILES string of the molecule is COCC1(C(=O)O)CCN(C(=O)C2CNNC2c2ccc(OC)cc2)C1. The molecule has 0 spiro atoms. The maximum atomic E-state index is 13.1. The number of nitrogens with one attached hydrogen (secondary N) is 2. The summed E-state index contributed by atoms with van der Waals surface area (Å²) >= 11 is 0. The normalized spacial score (nSPS) is 28.3. The average Bonchev–Trinajstić information content (AvgIpc) is 3.30. The van der Waals surface area contributed by atoms with Gasteiger partial charge in [-0.2, -0.15) is 0 Å². The van der Waals surface area contributed by atoms with Gasteiger partial charge in [-0.25, -0.2) is 5.43 Å². The van der Waals surface area contributed by atoms with E-state index < -0.39 is 11.4 Å². The van der Waals surface area contributed by atoms with Crippen molar-refractivity contribution in [3.8, 4) is 5.75 Å². The van der Waals surface area contributed by atoms with E-state index in [1.807, 2.05) is 24.3 Å². The molecule has 1 amide bonds. The highest BCUT2D eigenvalue weighted by Gasteiger charge is 2.48. The molecule has 0 aromatic heterocycles. The zero-order valence-electron chi connectivity index (χ0n) is 15.0. The summed E-state index contributed by atoms with van der Waals surface area (Å²) in [6.07, 6.45) is 0.405. The topological polar surface area (TPSA) is 100 Å². The standard InChI is InChI=1S/C18H25N3O5/c1-25-11-18(17(23)24)7-8-21(10-18)16(22)14-9-19-20-15(14)12-3-5-13(26-2)6-4-12/h3-6,14-15,19-20H,7-11H2,1-2H3,(H,23,24). The first-order chi connectivity index (χ1) is 12.5. The first-order valence-corrected chi connectivity index (χ1v) is 8.64. The number of amides is 1. The van der Waals surface area contributed by atoms with Crippen LogP contribution in [0.3, 0.4) is 0 Å². The maximum absolute atomic E-state index is 13.1. The number of likely N-dealkylation sites (tertiary alicyclic amines) is 1. The number of hydrogen-bond donors (Lipinski definition) is 3. The Bertz CT molecular complexity index is 665. The summed E-state index contributed by atoms with van der Waals surface area (Å²) in [6.45, 7) is 1.22. The van der Waals surface area contributed by atoms with E-state index in [0.717, 1.165) is 11.3 Å². The molecule has 26 heavy (non-hydrogen) atoms. The second-order valence-corrected chi connectivity index (χ2v) is 6.91. The third-order valence-corrected chi connectivity index (χ3v) is 5.31. The van der Waals surface area contributed by atoms with Gasteiger partial charge in [-0.3, -0.25) is 15.0 Å². The minimum atomic E-state index is -1.01. The molecule has 2 heterocycles. The highest BCUT2D eigenvalue weighted by molar-refractivity contribution is 5.83. The first-order valence-electron chi connectivity index (χ1n) is 8.64. The van der Waals surface area contributed by atoms with E-state index in [1.165, 1.54) is 7.11 Å². The summed E-state index contributed by atoms with van der Waals surface area (Å²) in [5.41, 5.74) is 6.17. The fourth-order valence-corrected chi connectivity index (χ4v) is 3.78. The molecule has 8 nitrogen and oxygen atoms in total. The Hall–Kier alpha value is -2.16. The van der Waals surface area contributed by atoms with Gasteiger partial charge in [-0.15, -0.1) is 0 Å². The third kappa shape index (κ3) is 3.40. The van der Waals surface area contributed by atoms with Crippen molar-refractivity contribution in [2.45, 2.75) is 12.5 Å². The Morgan fingerprint density at radius 1 is 1.31 bits per heavy atom. The number of hydrogen-bond acceptors (Lipinski definition) is 6. The monoisotopic (exact) mass is 363 g/mol. The lowest BCUT2D eigenvalue weighted by molar-refractivity contribution is -0.151. The highest BCUT2D eigenvalue weighted by Crippen LogP contribution is 2.34. The summed E-state index contributed by atoms with van der Waals surface area (Å²) in [7, 11) is 3.10. The van der Waals surface area contributed by atoms with Gasteiger partial charge in [0, 0.05) is 26.7 Å². The number of nitrogens with zero attached hydrogens (tertiary/aromatic N) is 1. The summed E-state index contributed by atoms with van der Waals surface area (Å²) < 4.78 is 10.3. The highest BCUT2D eigenvalue weighted by atomic mass is 16.5. The molecule has 3 N–H and O–H groups in total. The Kier molecular flexibility index (Phi) is 5.45. The second kappa shape index (κ2) is 7.61. The molecule has 3 atom stereocenters. The molecular formula is C18H25N3O5. The Morgan fingerprint density at radius 2 is 2.04 bits per heavy atom. The van der Waals surface area contributed by atoms with E-state index in [-0.39, 0.29) is 31.0 Å². The molecule has 0 radical (unpaired) electrons. The molecule has 2 aliphatic rings. The number of methoxy groups -OCH3 is 2. The Labute approximate surface area is 152 Å². The van der Waals surface area contributed by atoms with E-state index in [4.69, 9.17) is 9.47 Å². The van der Waals surface area contributed by atoms with Crippen LogP contribution in [0.4, 0.5) is 0 Å². The molecule has 3 unspecified atom stereocenters. The number of carbonyl (C=O) groups is 2. The molecular weight excluding hydrogens is 338 g/mol. The zero-order valence-corrected chi connectivity index (χ0v) is 15.0. The fourth-order valence-electron chi connectivity index (χ4n) is 3.78. The molecule has 0 bridgehead atoms. The largest absolute Gasteiger partial charge is 0.497 e. The molecule has 1 aromatic carbocycles. The number of aliphatic carboxylic acids is 1. The van der Waals surface area contributed by atoms with Crippen LogP contribution in [-0.2, 0) is 14.3 Å². The maximum Gasteiger partial charge on any atom is 0.313 e. The quantitative estimate of drug-likeness (QED) is 0.673. The van der Waals surface area contributed by atoms with E-state index in [1.54, 1.807) is 12.0 Å². The van der Waals surface area contributed by atoms with Crippen molar-refractivity contribution in [2.24, 2.45) is 11.3 Å². The van der Waals surface area contributed by atoms with E-state index in [0.29, 0.717) is 19.5 Å². The van der Waals surface area contributed by atoms with Gasteiger partial charge in [0.2, 0.25) is 5.91 Å². The van der Waals surface area contributed by atoms with Crippen molar-refractivity contribution in [3.05, 3.63) is 29.8 Å². The molecule has 0 saturated carbocycles. The predicted molar refractivity (Wildman–Crippen MR) is 93.5 cm³/mol. The number of carboxylic acids is 1. The molecule has 8 heteroatoms. The predicted octanol–water partition coefficient (Wildman–Crippen LogP) is 0.410. The number of hydrazine groups is 1. The Morgan fingerprint density at radius 3 is 2.65 bits per heavy atom. The van der Waals surface area contributed by atoms with Crippen molar-refractivity contribution in [3.63, 3.8) is 0 Å². The first kappa shape index (κ1) is 18.6. The fraction of sp³-hybridized carbons (Fsp3) is 0.556. The van der Waals surface area contributed by atoms with Gasteiger partial charge in [0.05, 0.1) is 25.7 Å². The number of benzene rings is 1. The average molecular weight is 363 g/mol. The van der Waals surface area contributed by atoms with Gasteiger partial charge in [-0.1, -0.05) is 12.1 Å². The van der Waals surface area contributed by atoms with Crippen molar-refractivity contribution >= 4 is 11.9 Å². The third-order valence-electron chi connectivity index (χ3n) is 5.31. The summed E-state index contributed by atoms with van der Waals surface area (Å²) in [5, 5.41) is 9.58. The molecule has 3 rings (SSSR count). The van der Waals surface area contributed by atoms with Gasteiger partial charge in [0.25, 0.3) is 0 Å². The van der Waals surface area contributed by atoms with Crippen molar-refractivity contribution < 1.29 is 24.2 Å². The summed E-state index contributed by atoms with van der Waals surface area (Å²) in [4.78, 5) is 26.4. The molecule has 2 aliphatic heterocycles. The van der Waals surface area contributed by atoms with Crippen LogP contribution in [0.5, 0.6) is 5.75 Å². The van der Waals surface area contributed by atoms with Crippen LogP contribution < -0.4 is 15.6 Å². The van der Waals surface area contributed by atoms with Crippen molar-refractivity contribution in [2.75, 3.05) is 40.5 Å². The minimum absolute atomic E-state index is 0.0393. The second-order valence-electron chi connectivity index (χ2n) is 6.91. The van der Waals surface area contributed by atoms with E-state index in [9.17, 15) is 14.7 Å². The summed E-state index contributed by atoms with van der Waals surface area (Å²) in [6, 6.07) is 7.41. The lowest BCUT2D eigenvalue weighted by Crippen LogP contribution is -2.43. The Balaban J connectivity index is 1.73. The molecule has 2 saturated heterocycles. The van der Waals surface area contributed by atoms with Crippen LogP contribution in [0.1, 0.15) is 18.0 Å². The van der Waals surface area contributed by atoms with Gasteiger partial charge < -0.3 is 19.5 Å². The van der Waals surface area contributed by atoms with Gasteiger partial charge in [0.15, 0.2) is 0 Å². The number of carboxylic acid groups (broad SMARTS) is 1. The molecule has 0 aliphatic carbocycles. The lowest BCUT2D eigenvalue weighted by atomic mass is 9.88. The van der Waals surface area contributed by atoms with Crippen LogP contribution in [0.2, 0.25) is 0 Å². The van der Waals surface area contributed by atoms with Crippen LogP contribution in [-0.4, -0.2) is 62.3 Å². The van der Waals surface area contributed by atoms with E-state index in [2.05, 4.69) is 10.9 Å².